The molecule has 0 amide bonds. The molecule has 0 aromatic rings. The number of halogens is 1. The van der Waals surface area contributed by atoms with Gasteiger partial charge in [0, 0.05) is 28.9 Å². The fourth-order valence-electron chi connectivity index (χ4n) is 2.25. The first-order valence-corrected chi connectivity index (χ1v) is 5.89. The van der Waals surface area contributed by atoms with Crippen LogP contribution in [-0.2, 0) is 0 Å². The van der Waals surface area contributed by atoms with E-state index in [1.54, 1.807) is 6.08 Å². The molecule has 1 aliphatic heterocycles. The van der Waals surface area contributed by atoms with E-state index in [2.05, 4.69) is 20.8 Å². The normalized spacial score (nSPS) is 31.6. The number of hydrogen-bond donors (Lipinski definition) is 0. The average molecular weight is 273 g/mol. The van der Waals surface area contributed by atoms with Crippen LogP contribution >= 0.6 is 15.9 Å². The van der Waals surface area contributed by atoms with Gasteiger partial charge in [0.15, 0.2) is 0 Å². The van der Waals surface area contributed by atoms with E-state index in [9.17, 15) is 10.1 Å². The molecule has 1 saturated heterocycles. The van der Waals surface area contributed by atoms with Gasteiger partial charge in [-0.2, -0.15) is 0 Å². The van der Waals surface area contributed by atoms with E-state index in [1.807, 2.05) is 13.1 Å². The Balaban J connectivity index is 2.37. The van der Waals surface area contributed by atoms with Crippen molar-refractivity contribution in [1.82, 2.24) is 4.90 Å². The van der Waals surface area contributed by atoms with Gasteiger partial charge in [0.1, 0.15) is 0 Å². The summed E-state index contributed by atoms with van der Waals surface area (Å²) >= 11 is 3.56. The van der Waals surface area contributed by atoms with Gasteiger partial charge in [0.2, 0.25) is 0 Å². The van der Waals surface area contributed by atoms with E-state index in [-0.39, 0.29) is 9.75 Å². The Hall–Kier alpha value is -0.680. The number of allylic oxidation sites excluding steroid dienone is 2. The fraction of sp³-hybridized carbons (Fsp3) is 0.600. The van der Waals surface area contributed by atoms with Gasteiger partial charge in [0.05, 0.1) is 4.92 Å². The SMILES string of the molecule is CN1CCC2C(=C([N+](=O)[O-])C=CC2Br)C1. The molecule has 2 atom stereocenters. The number of alkyl halides is 1. The van der Waals surface area contributed by atoms with Crippen LogP contribution in [-0.4, -0.2) is 34.8 Å². The minimum Gasteiger partial charge on any atom is -0.302 e. The van der Waals surface area contributed by atoms with Crippen LogP contribution in [0.1, 0.15) is 6.42 Å². The van der Waals surface area contributed by atoms with Crippen molar-refractivity contribution in [2.45, 2.75) is 11.2 Å². The Kier molecular flexibility index (Phi) is 2.93. The van der Waals surface area contributed by atoms with Gasteiger partial charge in [-0.25, -0.2) is 0 Å². The summed E-state index contributed by atoms with van der Waals surface area (Å²) in [5.74, 6) is 0.298. The first-order valence-electron chi connectivity index (χ1n) is 4.98. The van der Waals surface area contributed by atoms with Gasteiger partial charge >= 0.3 is 0 Å². The molecule has 4 nitrogen and oxygen atoms in total. The van der Waals surface area contributed by atoms with E-state index >= 15 is 0 Å². The molecule has 0 aromatic carbocycles. The number of rotatable bonds is 1. The molecule has 1 heterocycles. The maximum atomic E-state index is 10.9. The van der Waals surface area contributed by atoms with Crippen molar-refractivity contribution in [2.75, 3.05) is 20.1 Å². The second kappa shape index (κ2) is 4.06. The molecule has 2 aliphatic rings. The highest BCUT2D eigenvalue weighted by atomic mass is 79.9. The lowest BCUT2D eigenvalue weighted by Gasteiger charge is -2.34. The standard InChI is InChI=1S/C10H13BrN2O2/c1-12-5-4-7-8(6-12)10(13(14)15)3-2-9(7)11/h2-3,7,9H,4-6H2,1H3. The molecule has 0 radical (unpaired) electrons. The number of hydrogen-bond acceptors (Lipinski definition) is 3. The maximum absolute atomic E-state index is 10.9. The average Bonchev–Trinajstić information content (AvgIpc) is 2.17. The second-order valence-corrected chi connectivity index (χ2v) is 5.16. The lowest BCUT2D eigenvalue weighted by Crippen LogP contribution is -2.38. The Morgan fingerprint density at radius 1 is 1.67 bits per heavy atom. The summed E-state index contributed by atoms with van der Waals surface area (Å²) in [4.78, 5) is 13.0. The van der Waals surface area contributed by atoms with Crippen LogP contribution < -0.4 is 0 Å². The number of nitrogens with zero attached hydrogens (tertiary/aromatic N) is 2. The molecule has 0 N–H and O–H groups in total. The van der Waals surface area contributed by atoms with E-state index < -0.39 is 0 Å². The predicted molar refractivity (Wildman–Crippen MR) is 61.5 cm³/mol. The number of nitro groups is 1. The van der Waals surface area contributed by atoms with Crippen molar-refractivity contribution in [2.24, 2.45) is 5.92 Å². The highest BCUT2D eigenvalue weighted by Gasteiger charge is 2.35. The summed E-state index contributed by atoms with van der Waals surface area (Å²) in [5.41, 5.74) is 1.26. The molecule has 0 saturated carbocycles. The number of piperidine rings is 1. The molecular weight excluding hydrogens is 260 g/mol. The van der Waals surface area contributed by atoms with Gasteiger partial charge < -0.3 is 4.90 Å². The predicted octanol–water partition coefficient (Wildman–Crippen LogP) is 1.80. The second-order valence-electron chi connectivity index (χ2n) is 4.10. The third-order valence-corrected chi connectivity index (χ3v) is 4.00. The summed E-state index contributed by atoms with van der Waals surface area (Å²) in [6.07, 6.45) is 4.51. The molecule has 1 aliphatic carbocycles. The highest BCUT2D eigenvalue weighted by molar-refractivity contribution is 9.09. The van der Waals surface area contributed by atoms with Gasteiger partial charge in [-0.05, 0) is 20.0 Å². The highest BCUT2D eigenvalue weighted by Crippen LogP contribution is 2.35. The van der Waals surface area contributed by atoms with Crippen molar-refractivity contribution in [3.63, 3.8) is 0 Å². The van der Waals surface area contributed by atoms with E-state index in [4.69, 9.17) is 0 Å². The molecule has 0 spiro atoms. The van der Waals surface area contributed by atoms with Crippen molar-refractivity contribution >= 4 is 15.9 Å². The minimum absolute atomic E-state index is 0.255. The first-order chi connectivity index (χ1) is 7.09. The largest absolute Gasteiger partial charge is 0.302 e. The van der Waals surface area contributed by atoms with Crippen LogP contribution in [0.5, 0.6) is 0 Å². The number of likely N-dealkylation sites (N-methyl/N-ethyl adjacent to an activating group) is 1. The van der Waals surface area contributed by atoms with Gasteiger partial charge in [-0.3, -0.25) is 10.1 Å². The Bertz CT molecular complexity index is 351. The molecule has 5 heteroatoms. The van der Waals surface area contributed by atoms with Crippen molar-refractivity contribution in [3.05, 3.63) is 33.5 Å². The number of likely N-dealkylation sites (tertiary alicyclic amines) is 1. The lowest BCUT2D eigenvalue weighted by atomic mass is 9.84. The lowest BCUT2D eigenvalue weighted by molar-refractivity contribution is -0.421. The minimum atomic E-state index is -0.267. The summed E-state index contributed by atoms with van der Waals surface area (Å²) in [5, 5.41) is 10.9. The van der Waals surface area contributed by atoms with E-state index in [1.165, 1.54) is 0 Å². The molecule has 0 bridgehead atoms. The molecule has 2 unspecified atom stereocenters. The summed E-state index contributed by atoms with van der Waals surface area (Å²) < 4.78 is 0. The fourth-order valence-corrected chi connectivity index (χ4v) is 2.98. The van der Waals surface area contributed by atoms with Crippen LogP contribution in [0.2, 0.25) is 0 Å². The smallest absolute Gasteiger partial charge is 0.269 e. The van der Waals surface area contributed by atoms with E-state index in [0.29, 0.717) is 18.2 Å². The maximum Gasteiger partial charge on any atom is 0.269 e. The molecule has 15 heavy (non-hydrogen) atoms. The molecule has 0 aromatic heterocycles. The molecule has 1 fully saturated rings. The van der Waals surface area contributed by atoms with Crippen molar-refractivity contribution in [1.29, 1.82) is 0 Å². The van der Waals surface area contributed by atoms with Crippen LogP contribution in [0.4, 0.5) is 0 Å². The van der Waals surface area contributed by atoms with Crippen LogP contribution in [0, 0.1) is 16.0 Å². The zero-order chi connectivity index (χ0) is 11.0. The summed E-state index contributed by atoms with van der Waals surface area (Å²) in [6, 6.07) is 0. The Morgan fingerprint density at radius 2 is 2.40 bits per heavy atom. The van der Waals surface area contributed by atoms with Crippen LogP contribution in [0.3, 0.4) is 0 Å². The monoisotopic (exact) mass is 272 g/mol. The van der Waals surface area contributed by atoms with Crippen LogP contribution in [0.15, 0.2) is 23.4 Å². The van der Waals surface area contributed by atoms with Crippen molar-refractivity contribution < 1.29 is 4.92 Å². The van der Waals surface area contributed by atoms with E-state index in [0.717, 1.165) is 18.5 Å². The topological polar surface area (TPSA) is 46.4 Å². The molecule has 2 rings (SSSR count). The van der Waals surface area contributed by atoms with Gasteiger partial charge in [0.25, 0.3) is 5.70 Å². The summed E-state index contributed by atoms with van der Waals surface area (Å²) in [6.45, 7) is 1.72. The molecular formula is C10H13BrN2O2. The van der Waals surface area contributed by atoms with Gasteiger partial charge in [-0.15, -0.1) is 0 Å². The van der Waals surface area contributed by atoms with Gasteiger partial charge in [-0.1, -0.05) is 22.0 Å². The van der Waals surface area contributed by atoms with Crippen LogP contribution in [0.25, 0.3) is 0 Å². The third kappa shape index (κ3) is 1.99. The Morgan fingerprint density at radius 3 is 3.07 bits per heavy atom. The molecule has 82 valence electrons. The quantitative estimate of drug-likeness (QED) is 0.416. The zero-order valence-electron chi connectivity index (χ0n) is 8.52. The van der Waals surface area contributed by atoms with Crippen molar-refractivity contribution in [3.8, 4) is 0 Å². The summed E-state index contributed by atoms with van der Waals surface area (Å²) in [7, 11) is 2.00. The Labute approximate surface area is 96.9 Å². The number of fused-ring (bicyclic) bond motifs is 1. The third-order valence-electron chi connectivity index (χ3n) is 3.06. The zero-order valence-corrected chi connectivity index (χ0v) is 10.1. The first kappa shape index (κ1) is 10.8.